The molecule has 2 N–H and O–H groups in total. The molecule has 0 aromatic carbocycles. The average molecular weight is 383 g/mol. The van der Waals surface area contributed by atoms with E-state index in [9.17, 15) is 22.8 Å². The largest absolute Gasteiger partial charge is 0.481 e. The molecule has 0 saturated heterocycles. The van der Waals surface area contributed by atoms with Gasteiger partial charge in [-0.05, 0) is 25.0 Å². The molecule has 144 valence electrons. The molecular weight excluding hydrogens is 367 g/mol. The number of hydrogen-bond acceptors (Lipinski definition) is 5. The van der Waals surface area contributed by atoms with Crippen LogP contribution in [0, 0.1) is 0 Å². The molecule has 0 unspecified atom stereocenters. The Hall–Kier alpha value is -2.98. The fraction of sp³-hybridized carbons (Fsp3) is 0.438. The second-order valence-corrected chi connectivity index (χ2v) is 6.46. The number of hydrogen-bond donors (Lipinski definition) is 2. The van der Waals surface area contributed by atoms with Crippen LogP contribution in [-0.2, 0) is 11.0 Å². The number of alkyl halides is 3. The lowest BCUT2D eigenvalue weighted by molar-refractivity contribution is -0.139. The number of carboxylic acid groups (broad SMARTS) is 1. The third kappa shape index (κ3) is 4.23. The SMILES string of the molecule is O=C(O)CC1(NC(=O)c2cn(-c3ccc(C(F)(F)F)cn3)nn2)CCCC1. The van der Waals surface area contributed by atoms with Gasteiger partial charge in [-0.2, -0.15) is 13.2 Å². The molecule has 1 aliphatic rings. The van der Waals surface area contributed by atoms with Crippen molar-refractivity contribution in [2.75, 3.05) is 0 Å². The van der Waals surface area contributed by atoms with Gasteiger partial charge < -0.3 is 10.4 Å². The predicted octanol–water partition coefficient (Wildman–Crippen LogP) is 2.20. The van der Waals surface area contributed by atoms with Gasteiger partial charge in [0.1, 0.15) is 0 Å². The number of carbonyl (C=O) groups is 2. The zero-order valence-electron chi connectivity index (χ0n) is 14.0. The van der Waals surface area contributed by atoms with E-state index in [4.69, 9.17) is 5.11 Å². The Balaban J connectivity index is 1.75. The topological polar surface area (TPSA) is 110 Å². The summed E-state index contributed by atoms with van der Waals surface area (Å²) in [6.45, 7) is 0. The first-order chi connectivity index (χ1) is 12.7. The lowest BCUT2D eigenvalue weighted by atomic mass is 9.93. The maximum Gasteiger partial charge on any atom is 0.417 e. The van der Waals surface area contributed by atoms with Crippen molar-refractivity contribution in [3.63, 3.8) is 0 Å². The fourth-order valence-corrected chi connectivity index (χ4v) is 3.16. The van der Waals surface area contributed by atoms with Gasteiger partial charge in [0.2, 0.25) is 0 Å². The lowest BCUT2D eigenvalue weighted by Gasteiger charge is -2.28. The van der Waals surface area contributed by atoms with Crippen LogP contribution in [0.3, 0.4) is 0 Å². The minimum Gasteiger partial charge on any atom is -0.481 e. The Labute approximate surface area is 151 Å². The molecule has 2 aromatic heterocycles. The van der Waals surface area contributed by atoms with Crippen LogP contribution in [0.2, 0.25) is 0 Å². The van der Waals surface area contributed by atoms with Gasteiger partial charge in [-0.1, -0.05) is 18.1 Å². The Morgan fingerprint density at radius 3 is 2.52 bits per heavy atom. The predicted molar refractivity (Wildman–Crippen MR) is 85.1 cm³/mol. The molecule has 1 amide bonds. The molecule has 0 spiro atoms. The van der Waals surface area contributed by atoms with Crippen molar-refractivity contribution >= 4 is 11.9 Å². The molecule has 2 heterocycles. The highest BCUT2D eigenvalue weighted by molar-refractivity contribution is 5.92. The molecule has 0 bridgehead atoms. The summed E-state index contributed by atoms with van der Waals surface area (Å²) in [6.07, 6.45) is -0.0533. The van der Waals surface area contributed by atoms with E-state index in [1.54, 1.807) is 0 Å². The summed E-state index contributed by atoms with van der Waals surface area (Å²) in [5, 5.41) is 19.2. The van der Waals surface area contributed by atoms with Gasteiger partial charge >= 0.3 is 12.1 Å². The van der Waals surface area contributed by atoms with Crippen molar-refractivity contribution in [2.45, 2.75) is 43.8 Å². The summed E-state index contributed by atoms with van der Waals surface area (Å²) >= 11 is 0. The maximum absolute atomic E-state index is 12.6. The molecular formula is C16H16F3N5O3. The van der Waals surface area contributed by atoms with Crippen LogP contribution in [0.1, 0.15) is 48.2 Å². The van der Waals surface area contributed by atoms with Crippen LogP contribution in [-0.4, -0.2) is 42.5 Å². The van der Waals surface area contributed by atoms with E-state index in [1.165, 1.54) is 6.20 Å². The third-order valence-electron chi connectivity index (χ3n) is 4.46. The summed E-state index contributed by atoms with van der Waals surface area (Å²) in [5.74, 6) is -1.53. The Morgan fingerprint density at radius 1 is 1.26 bits per heavy atom. The first kappa shape index (κ1) is 18.8. The highest BCUT2D eigenvalue weighted by Gasteiger charge is 2.38. The van der Waals surface area contributed by atoms with Crippen LogP contribution in [0.5, 0.6) is 0 Å². The zero-order chi connectivity index (χ0) is 19.7. The highest BCUT2D eigenvalue weighted by atomic mass is 19.4. The minimum absolute atomic E-state index is 0.0654. The molecule has 1 aliphatic carbocycles. The molecule has 1 saturated carbocycles. The Morgan fingerprint density at radius 2 is 1.96 bits per heavy atom. The van der Waals surface area contributed by atoms with Crippen molar-refractivity contribution < 1.29 is 27.9 Å². The third-order valence-corrected chi connectivity index (χ3v) is 4.46. The molecule has 2 aromatic rings. The van der Waals surface area contributed by atoms with Gasteiger partial charge in [0.05, 0.1) is 23.7 Å². The Kier molecular flexibility index (Phi) is 4.85. The lowest BCUT2D eigenvalue weighted by Crippen LogP contribution is -2.47. The molecule has 1 fully saturated rings. The van der Waals surface area contributed by atoms with E-state index < -0.39 is 29.2 Å². The van der Waals surface area contributed by atoms with E-state index in [2.05, 4.69) is 20.6 Å². The standard InChI is InChI=1S/C16H16F3N5O3/c17-16(18,19)10-3-4-12(20-8-10)24-9-11(22-23-24)14(27)21-15(7-13(25)26)5-1-2-6-15/h3-4,8-9H,1-2,5-7H2,(H,21,27)(H,25,26). The van der Waals surface area contributed by atoms with Crippen molar-refractivity contribution in [1.29, 1.82) is 0 Å². The monoisotopic (exact) mass is 383 g/mol. The van der Waals surface area contributed by atoms with Crippen molar-refractivity contribution in [3.8, 4) is 5.82 Å². The summed E-state index contributed by atoms with van der Waals surface area (Å²) in [7, 11) is 0. The van der Waals surface area contributed by atoms with Crippen molar-refractivity contribution in [1.82, 2.24) is 25.3 Å². The molecule has 11 heteroatoms. The van der Waals surface area contributed by atoms with E-state index in [0.717, 1.165) is 29.7 Å². The van der Waals surface area contributed by atoms with Gasteiger partial charge in [-0.3, -0.25) is 9.59 Å². The summed E-state index contributed by atoms with van der Waals surface area (Å²) in [6, 6.07) is 1.96. The number of carbonyl (C=O) groups excluding carboxylic acids is 1. The first-order valence-electron chi connectivity index (χ1n) is 8.19. The minimum atomic E-state index is -4.50. The van der Waals surface area contributed by atoms with Crippen molar-refractivity contribution in [3.05, 3.63) is 35.8 Å². The van der Waals surface area contributed by atoms with E-state index >= 15 is 0 Å². The van der Waals surface area contributed by atoms with Crippen LogP contribution >= 0.6 is 0 Å². The number of aliphatic carboxylic acids is 1. The molecule has 8 nitrogen and oxygen atoms in total. The number of amides is 1. The molecule has 0 radical (unpaired) electrons. The molecule has 0 aliphatic heterocycles. The van der Waals surface area contributed by atoms with Gasteiger partial charge in [-0.25, -0.2) is 9.67 Å². The number of aromatic nitrogens is 4. The number of nitrogens with zero attached hydrogens (tertiary/aromatic N) is 4. The van der Waals surface area contributed by atoms with E-state index in [1.807, 2.05) is 0 Å². The molecule has 3 rings (SSSR count). The number of carboxylic acids is 1. The fourth-order valence-electron chi connectivity index (χ4n) is 3.16. The van der Waals surface area contributed by atoms with Gasteiger partial charge in [-0.15, -0.1) is 5.10 Å². The quantitative estimate of drug-likeness (QED) is 0.819. The number of nitrogens with one attached hydrogen (secondary N) is 1. The first-order valence-corrected chi connectivity index (χ1v) is 8.19. The van der Waals surface area contributed by atoms with E-state index in [-0.39, 0.29) is 17.9 Å². The van der Waals surface area contributed by atoms with Gasteiger partial charge in [0.15, 0.2) is 11.5 Å². The van der Waals surface area contributed by atoms with Gasteiger partial charge in [0, 0.05) is 6.20 Å². The van der Waals surface area contributed by atoms with Crippen molar-refractivity contribution in [2.24, 2.45) is 0 Å². The summed E-state index contributed by atoms with van der Waals surface area (Å²) < 4.78 is 38.8. The molecule has 27 heavy (non-hydrogen) atoms. The summed E-state index contributed by atoms with van der Waals surface area (Å²) in [5.41, 5.74) is -1.80. The number of halogens is 3. The van der Waals surface area contributed by atoms with Crippen LogP contribution in [0.25, 0.3) is 5.82 Å². The smallest absolute Gasteiger partial charge is 0.417 e. The maximum atomic E-state index is 12.6. The second-order valence-electron chi connectivity index (χ2n) is 6.46. The van der Waals surface area contributed by atoms with Crippen LogP contribution in [0.4, 0.5) is 13.2 Å². The second kappa shape index (κ2) is 6.97. The average Bonchev–Trinajstić information content (AvgIpc) is 3.23. The van der Waals surface area contributed by atoms with E-state index in [0.29, 0.717) is 19.0 Å². The van der Waals surface area contributed by atoms with Crippen LogP contribution in [0.15, 0.2) is 24.5 Å². The summed E-state index contributed by atoms with van der Waals surface area (Å²) in [4.78, 5) is 27.2. The Bertz CT molecular complexity index is 842. The number of rotatable bonds is 5. The van der Waals surface area contributed by atoms with Crippen LogP contribution < -0.4 is 5.32 Å². The normalized spacial score (nSPS) is 16.3. The van der Waals surface area contributed by atoms with Gasteiger partial charge in [0.25, 0.3) is 5.91 Å². The molecule has 0 atom stereocenters. The zero-order valence-corrected chi connectivity index (χ0v) is 14.0. The number of pyridine rings is 1. The highest BCUT2D eigenvalue weighted by Crippen LogP contribution is 2.33.